The van der Waals surface area contributed by atoms with Gasteiger partial charge in [0.1, 0.15) is 0 Å². The lowest BCUT2D eigenvalue weighted by atomic mass is 9.91. The molecule has 1 N–H and O–H groups in total. The summed E-state index contributed by atoms with van der Waals surface area (Å²) in [5.41, 5.74) is 0.421. The molecule has 92 valence electrons. The molecule has 0 radical (unpaired) electrons. The molecule has 3 nitrogen and oxygen atoms in total. The highest BCUT2D eigenvalue weighted by atomic mass is 16.2. The first-order chi connectivity index (χ1) is 7.53. The number of nitrogens with one attached hydrogen (secondary N) is 1. The molecule has 1 aliphatic heterocycles. The van der Waals surface area contributed by atoms with Gasteiger partial charge >= 0.3 is 0 Å². The van der Waals surface area contributed by atoms with E-state index in [0.717, 1.165) is 12.8 Å². The molecule has 3 heteroatoms. The summed E-state index contributed by atoms with van der Waals surface area (Å²) in [5, 5.41) is 3.34. The second-order valence-corrected chi connectivity index (χ2v) is 6.05. The van der Waals surface area contributed by atoms with E-state index in [1.165, 1.54) is 19.3 Å². The standard InChI is InChI=1S/C13H24N2O/c1-4-5-11-14-9-12(16)15(11)10-6-7-13(2,3)8-10/h10-11,14H,4-9H2,1-3H3. The molecule has 2 fully saturated rings. The van der Waals surface area contributed by atoms with Gasteiger partial charge in [-0.25, -0.2) is 0 Å². The summed E-state index contributed by atoms with van der Waals surface area (Å²) in [7, 11) is 0. The minimum Gasteiger partial charge on any atom is -0.323 e. The zero-order chi connectivity index (χ0) is 11.8. The van der Waals surface area contributed by atoms with Gasteiger partial charge in [0.05, 0.1) is 12.7 Å². The van der Waals surface area contributed by atoms with Crippen LogP contribution in [0.3, 0.4) is 0 Å². The lowest BCUT2D eigenvalue weighted by molar-refractivity contribution is -0.130. The molecular weight excluding hydrogens is 200 g/mol. The van der Waals surface area contributed by atoms with Crippen molar-refractivity contribution in [3.05, 3.63) is 0 Å². The van der Waals surface area contributed by atoms with Crippen LogP contribution in [0.15, 0.2) is 0 Å². The van der Waals surface area contributed by atoms with Crippen LogP contribution in [0.1, 0.15) is 52.9 Å². The number of nitrogens with zero attached hydrogens (tertiary/aromatic N) is 1. The molecule has 0 aromatic heterocycles. The third kappa shape index (κ3) is 2.24. The molecule has 1 saturated heterocycles. The van der Waals surface area contributed by atoms with Crippen LogP contribution < -0.4 is 5.32 Å². The number of carbonyl (C=O) groups is 1. The molecule has 1 aliphatic carbocycles. The number of hydrogen-bond donors (Lipinski definition) is 1. The second-order valence-electron chi connectivity index (χ2n) is 6.05. The third-order valence-electron chi connectivity index (χ3n) is 4.01. The van der Waals surface area contributed by atoms with E-state index in [9.17, 15) is 4.79 Å². The van der Waals surface area contributed by atoms with Crippen molar-refractivity contribution in [2.24, 2.45) is 5.41 Å². The van der Waals surface area contributed by atoms with Crippen molar-refractivity contribution >= 4 is 5.91 Å². The summed E-state index contributed by atoms with van der Waals surface area (Å²) < 4.78 is 0. The monoisotopic (exact) mass is 224 g/mol. The zero-order valence-electron chi connectivity index (χ0n) is 10.8. The van der Waals surface area contributed by atoms with Gasteiger partial charge in [0, 0.05) is 6.04 Å². The van der Waals surface area contributed by atoms with E-state index in [1.54, 1.807) is 0 Å². The van der Waals surface area contributed by atoms with Gasteiger partial charge in [-0.3, -0.25) is 10.1 Å². The molecule has 0 aromatic rings. The van der Waals surface area contributed by atoms with Crippen molar-refractivity contribution in [3.8, 4) is 0 Å². The van der Waals surface area contributed by atoms with E-state index in [-0.39, 0.29) is 0 Å². The molecule has 2 atom stereocenters. The minimum atomic E-state index is 0.302. The van der Waals surface area contributed by atoms with Crippen molar-refractivity contribution in [2.75, 3.05) is 6.54 Å². The highest BCUT2D eigenvalue weighted by Gasteiger charge is 2.41. The summed E-state index contributed by atoms with van der Waals surface area (Å²) in [6.45, 7) is 7.36. The van der Waals surface area contributed by atoms with Crippen molar-refractivity contribution in [1.82, 2.24) is 10.2 Å². The van der Waals surface area contributed by atoms with Gasteiger partial charge in [-0.05, 0) is 31.1 Å². The molecule has 2 rings (SSSR count). The molecule has 16 heavy (non-hydrogen) atoms. The van der Waals surface area contributed by atoms with Crippen LogP contribution in [0, 0.1) is 5.41 Å². The quantitative estimate of drug-likeness (QED) is 0.796. The normalized spacial score (nSPS) is 33.7. The minimum absolute atomic E-state index is 0.302. The van der Waals surface area contributed by atoms with Gasteiger partial charge in [-0.1, -0.05) is 27.2 Å². The smallest absolute Gasteiger partial charge is 0.238 e. The van der Waals surface area contributed by atoms with Gasteiger partial charge in [-0.2, -0.15) is 0 Å². The lowest BCUT2D eigenvalue weighted by Gasteiger charge is -2.31. The van der Waals surface area contributed by atoms with Crippen molar-refractivity contribution in [3.63, 3.8) is 0 Å². The van der Waals surface area contributed by atoms with Crippen LogP contribution in [0.5, 0.6) is 0 Å². The van der Waals surface area contributed by atoms with Crippen LogP contribution in [-0.4, -0.2) is 29.6 Å². The second kappa shape index (κ2) is 4.36. The fraction of sp³-hybridized carbons (Fsp3) is 0.923. The number of amides is 1. The number of rotatable bonds is 3. The zero-order valence-corrected chi connectivity index (χ0v) is 10.8. The lowest BCUT2D eigenvalue weighted by Crippen LogP contribution is -2.43. The molecule has 1 heterocycles. The Hall–Kier alpha value is -0.570. The first-order valence-corrected chi connectivity index (χ1v) is 6.58. The Morgan fingerprint density at radius 1 is 1.50 bits per heavy atom. The Kier molecular flexibility index (Phi) is 3.24. The molecule has 0 bridgehead atoms. The molecule has 2 unspecified atom stereocenters. The predicted octanol–water partition coefficient (Wildman–Crippen LogP) is 2.12. The fourth-order valence-electron chi connectivity index (χ4n) is 3.18. The van der Waals surface area contributed by atoms with Gasteiger partial charge in [0.2, 0.25) is 5.91 Å². The largest absolute Gasteiger partial charge is 0.323 e. The van der Waals surface area contributed by atoms with E-state index < -0.39 is 0 Å². The topological polar surface area (TPSA) is 32.3 Å². The number of carbonyl (C=O) groups excluding carboxylic acids is 1. The van der Waals surface area contributed by atoms with E-state index in [4.69, 9.17) is 0 Å². The van der Waals surface area contributed by atoms with Gasteiger partial charge in [-0.15, -0.1) is 0 Å². The summed E-state index contributed by atoms with van der Waals surface area (Å²) in [6, 6.07) is 0.481. The van der Waals surface area contributed by atoms with E-state index in [2.05, 4.69) is 31.0 Å². The van der Waals surface area contributed by atoms with Crippen LogP contribution in [0.25, 0.3) is 0 Å². The maximum Gasteiger partial charge on any atom is 0.238 e. The first kappa shape index (κ1) is 11.9. The van der Waals surface area contributed by atoms with E-state index in [0.29, 0.717) is 30.1 Å². The molecule has 0 aromatic carbocycles. The fourth-order valence-corrected chi connectivity index (χ4v) is 3.18. The van der Waals surface area contributed by atoms with E-state index >= 15 is 0 Å². The molecule has 1 amide bonds. The summed E-state index contributed by atoms with van der Waals surface area (Å²) in [5.74, 6) is 0.307. The predicted molar refractivity (Wildman–Crippen MR) is 65.0 cm³/mol. The SMILES string of the molecule is CCCC1NCC(=O)N1C1CCC(C)(C)C1. The van der Waals surface area contributed by atoms with Gasteiger partial charge < -0.3 is 4.90 Å². The third-order valence-corrected chi connectivity index (χ3v) is 4.01. The Morgan fingerprint density at radius 2 is 2.25 bits per heavy atom. The summed E-state index contributed by atoms with van der Waals surface area (Å²) in [6.07, 6.45) is 6.12. The molecule has 0 spiro atoms. The van der Waals surface area contributed by atoms with Gasteiger partial charge in [0.25, 0.3) is 0 Å². The van der Waals surface area contributed by atoms with Crippen LogP contribution in [0.4, 0.5) is 0 Å². The van der Waals surface area contributed by atoms with Crippen LogP contribution in [0.2, 0.25) is 0 Å². The Bertz CT molecular complexity index is 275. The summed E-state index contributed by atoms with van der Waals surface area (Å²) in [4.78, 5) is 14.1. The summed E-state index contributed by atoms with van der Waals surface area (Å²) >= 11 is 0. The Balaban J connectivity index is 2.04. The number of hydrogen-bond acceptors (Lipinski definition) is 2. The Morgan fingerprint density at radius 3 is 2.81 bits per heavy atom. The van der Waals surface area contributed by atoms with Crippen LogP contribution >= 0.6 is 0 Å². The maximum atomic E-state index is 11.9. The molecule has 2 aliphatic rings. The van der Waals surface area contributed by atoms with Crippen LogP contribution in [-0.2, 0) is 4.79 Å². The van der Waals surface area contributed by atoms with Gasteiger partial charge in [0.15, 0.2) is 0 Å². The highest BCUT2D eigenvalue weighted by Crippen LogP contribution is 2.40. The highest BCUT2D eigenvalue weighted by molar-refractivity contribution is 5.81. The van der Waals surface area contributed by atoms with E-state index in [1.807, 2.05) is 0 Å². The molecule has 1 saturated carbocycles. The average molecular weight is 224 g/mol. The average Bonchev–Trinajstić information content (AvgIpc) is 2.71. The van der Waals surface area contributed by atoms with Crippen molar-refractivity contribution in [1.29, 1.82) is 0 Å². The maximum absolute atomic E-state index is 11.9. The van der Waals surface area contributed by atoms with Crippen molar-refractivity contribution in [2.45, 2.75) is 65.1 Å². The Labute approximate surface area is 98.6 Å². The molecular formula is C13H24N2O. The van der Waals surface area contributed by atoms with Crippen molar-refractivity contribution < 1.29 is 4.79 Å². The first-order valence-electron chi connectivity index (χ1n) is 6.58.